The lowest BCUT2D eigenvalue weighted by molar-refractivity contribution is -0.110. The van der Waals surface area contributed by atoms with Gasteiger partial charge < -0.3 is 14.8 Å². The average molecular weight is 386 g/mol. The Morgan fingerprint density at radius 1 is 1.15 bits per heavy atom. The summed E-state index contributed by atoms with van der Waals surface area (Å²) >= 11 is 6.04. The zero-order chi connectivity index (χ0) is 18.6. The number of halogens is 1. The van der Waals surface area contributed by atoms with Crippen molar-refractivity contribution in [3.05, 3.63) is 53.1 Å². The molecule has 0 atom stereocenters. The minimum absolute atomic E-state index is 0.224. The third-order valence-electron chi connectivity index (χ3n) is 4.56. The molecule has 4 rings (SSSR count). The molecule has 1 saturated heterocycles. The number of ether oxygens (including phenoxy) is 2. The Kier molecular flexibility index (Phi) is 5.38. The summed E-state index contributed by atoms with van der Waals surface area (Å²) in [6, 6.07) is 12.7. The first-order valence-electron chi connectivity index (χ1n) is 8.92. The molecular weight excluding hydrogens is 366 g/mol. The number of nitrogens with zero attached hydrogens (tertiary/aromatic N) is 2. The third-order valence-corrected chi connectivity index (χ3v) is 4.79. The average Bonchev–Trinajstić information content (AvgIpc) is 2.99. The number of aliphatic imine (C=N–C) groups is 1. The number of benzene rings is 2. The lowest BCUT2D eigenvalue weighted by Crippen LogP contribution is -2.38. The second-order valence-corrected chi connectivity index (χ2v) is 6.84. The fraction of sp³-hybridized carbons (Fsp3) is 0.300. The number of amides is 1. The van der Waals surface area contributed by atoms with E-state index in [0.29, 0.717) is 23.0 Å². The fourth-order valence-electron chi connectivity index (χ4n) is 3.10. The number of fused-ring (bicyclic) bond motifs is 1. The first kappa shape index (κ1) is 18.0. The van der Waals surface area contributed by atoms with Crippen molar-refractivity contribution in [1.29, 1.82) is 0 Å². The van der Waals surface area contributed by atoms with Gasteiger partial charge in [-0.2, -0.15) is 0 Å². The lowest BCUT2D eigenvalue weighted by atomic mass is 10.1. The number of hydrogen-bond donors (Lipinski definition) is 1. The van der Waals surface area contributed by atoms with Gasteiger partial charge in [0.05, 0.1) is 24.6 Å². The van der Waals surface area contributed by atoms with Gasteiger partial charge in [-0.15, -0.1) is 0 Å². The standard InChI is InChI=1S/C20H20ClN3O3/c21-14-1-6-18-17(13-14)19(20(25)23-18)22-15-2-4-16(5-3-15)27-12-9-24-7-10-26-11-8-24/h1-6,13H,7-12H2,(H,22,23,25). The first-order valence-corrected chi connectivity index (χ1v) is 9.30. The molecule has 2 aliphatic rings. The molecular formula is C20H20ClN3O3. The molecule has 0 saturated carbocycles. The number of rotatable bonds is 5. The smallest absolute Gasteiger partial charge is 0.275 e. The molecule has 0 radical (unpaired) electrons. The predicted octanol–water partition coefficient (Wildman–Crippen LogP) is 3.12. The van der Waals surface area contributed by atoms with Gasteiger partial charge in [-0.05, 0) is 42.5 Å². The van der Waals surface area contributed by atoms with Crippen LogP contribution >= 0.6 is 11.6 Å². The van der Waals surface area contributed by atoms with Gasteiger partial charge in [0.15, 0.2) is 0 Å². The van der Waals surface area contributed by atoms with Crippen LogP contribution in [-0.4, -0.2) is 56.0 Å². The van der Waals surface area contributed by atoms with Crippen molar-refractivity contribution in [2.24, 2.45) is 4.99 Å². The number of anilines is 1. The molecule has 0 aromatic heterocycles. The molecule has 0 bridgehead atoms. The maximum absolute atomic E-state index is 12.2. The highest BCUT2D eigenvalue weighted by molar-refractivity contribution is 6.54. The maximum Gasteiger partial charge on any atom is 0.275 e. The van der Waals surface area contributed by atoms with Crippen molar-refractivity contribution in [1.82, 2.24) is 4.90 Å². The summed E-state index contributed by atoms with van der Waals surface area (Å²) in [5.74, 6) is 0.560. The van der Waals surface area contributed by atoms with Gasteiger partial charge in [0.25, 0.3) is 5.91 Å². The molecule has 7 heteroatoms. The Morgan fingerprint density at radius 2 is 1.93 bits per heavy atom. The van der Waals surface area contributed by atoms with E-state index in [9.17, 15) is 4.79 Å². The molecule has 1 amide bonds. The summed E-state index contributed by atoms with van der Waals surface area (Å²) in [6.07, 6.45) is 0. The summed E-state index contributed by atoms with van der Waals surface area (Å²) in [5, 5.41) is 3.37. The normalized spacial score (nSPS) is 18.4. The molecule has 0 spiro atoms. The number of carbonyl (C=O) groups excluding carboxylic acids is 1. The third kappa shape index (κ3) is 4.30. The Bertz CT molecular complexity index is 861. The van der Waals surface area contributed by atoms with Crippen LogP contribution in [0.3, 0.4) is 0 Å². The number of nitrogens with one attached hydrogen (secondary N) is 1. The van der Waals surface area contributed by atoms with Crippen LogP contribution in [0.15, 0.2) is 47.5 Å². The van der Waals surface area contributed by atoms with Gasteiger partial charge in [0.2, 0.25) is 0 Å². The molecule has 6 nitrogen and oxygen atoms in total. The Morgan fingerprint density at radius 3 is 2.70 bits per heavy atom. The van der Waals surface area contributed by atoms with Crippen molar-refractivity contribution in [2.75, 3.05) is 44.8 Å². The van der Waals surface area contributed by atoms with Crippen molar-refractivity contribution in [3.63, 3.8) is 0 Å². The van der Waals surface area contributed by atoms with E-state index in [4.69, 9.17) is 21.1 Å². The minimum Gasteiger partial charge on any atom is -0.492 e. The van der Waals surface area contributed by atoms with E-state index < -0.39 is 0 Å². The van der Waals surface area contributed by atoms with Crippen molar-refractivity contribution in [2.45, 2.75) is 0 Å². The molecule has 140 valence electrons. The van der Waals surface area contributed by atoms with Crippen LogP contribution in [0.5, 0.6) is 5.75 Å². The van der Waals surface area contributed by atoms with E-state index in [2.05, 4.69) is 15.2 Å². The highest BCUT2D eigenvalue weighted by Crippen LogP contribution is 2.28. The van der Waals surface area contributed by atoms with Gasteiger partial charge in [-0.3, -0.25) is 9.69 Å². The van der Waals surface area contributed by atoms with Crippen LogP contribution in [0.4, 0.5) is 11.4 Å². The minimum atomic E-state index is -0.224. The zero-order valence-electron chi connectivity index (χ0n) is 14.8. The number of hydrogen-bond acceptors (Lipinski definition) is 5. The maximum atomic E-state index is 12.2. The molecule has 0 unspecified atom stereocenters. The quantitative estimate of drug-likeness (QED) is 0.858. The van der Waals surface area contributed by atoms with E-state index >= 15 is 0 Å². The monoisotopic (exact) mass is 385 g/mol. The van der Waals surface area contributed by atoms with E-state index in [1.165, 1.54) is 0 Å². The highest BCUT2D eigenvalue weighted by atomic mass is 35.5. The van der Waals surface area contributed by atoms with Crippen LogP contribution < -0.4 is 10.1 Å². The van der Waals surface area contributed by atoms with E-state index in [1.54, 1.807) is 18.2 Å². The zero-order valence-corrected chi connectivity index (χ0v) is 15.5. The molecule has 2 aromatic rings. The van der Waals surface area contributed by atoms with E-state index in [0.717, 1.165) is 49.8 Å². The topological polar surface area (TPSA) is 63.2 Å². The summed E-state index contributed by atoms with van der Waals surface area (Å²) in [6.45, 7) is 4.99. The van der Waals surface area contributed by atoms with Crippen LogP contribution in [0, 0.1) is 0 Å². The fourth-order valence-corrected chi connectivity index (χ4v) is 3.27. The van der Waals surface area contributed by atoms with Crippen molar-refractivity contribution < 1.29 is 14.3 Å². The molecule has 2 aromatic carbocycles. The Balaban J connectivity index is 1.40. The van der Waals surface area contributed by atoms with Crippen LogP contribution in [0.1, 0.15) is 5.56 Å². The van der Waals surface area contributed by atoms with Gasteiger partial charge in [0, 0.05) is 30.2 Å². The molecule has 1 fully saturated rings. The number of morpholine rings is 1. The summed E-state index contributed by atoms with van der Waals surface area (Å²) < 4.78 is 11.1. The summed E-state index contributed by atoms with van der Waals surface area (Å²) in [5.41, 5.74) is 2.51. The van der Waals surface area contributed by atoms with Crippen molar-refractivity contribution in [3.8, 4) is 5.75 Å². The van der Waals surface area contributed by atoms with Crippen LogP contribution in [-0.2, 0) is 9.53 Å². The number of carbonyl (C=O) groups is 1. The van der Waals surface area contributed by atoms with Gasteiger partial charge in [-0.1, -0.05) is 11.6 Å². The Hall–Kier alpha value is -2.41. The van der Waals surface area contributed by atoms with Gasteiger partial charge >= 0.3 is 0 Å². The second-order valence-electron chi connectivity index (χ2n) is 6.40. The van der Waals surface area contributed by atoms with Gasteiger partial charge in [-0.25, -0.2) is 4.99 Å². The first-order chi connectivity index (χ1) is 13.2. The highest BCUT2D eigenvalue weighted by Gasteiger charge is 2.26. The lowest BCUT2D eigenvalue weighted by Gasteiger charge is -2.26. The second kappa shape index (κ2) is 8.08. The van der Waals surface area contributed by atoms with Crippen LogP contribution in [0.2, 0.25) is 5.02 Å². The van der Waals surface area contributed by atoms with E-state index in [1.807, 2.05) is 24.3 Å². The predicted molar refractivity (Wildman–Crippen MR) is 105 cm³/mol. The summed E-state index contributed by atoms with van der Waals surface area (Å²) in [4.78, 5) is 19.0. The molecule has 2 heterocycles. The van der Waals surface area contributed by atoms with Crippen LogP contribution in [0.25, 0.3) is 0 Å². The SMILES string of the molecule is O=C1Nc2ccc(Cl)cc2C1=Nc1ccc(OCCN2CCOCC2)cc1. The summed E-state index contributed by atoms with van der Waals surface area (Å²) in [7, 11) is 0. The van der Waals surface area contributed by atoms with Crippen molar-refractivity contribution >= 4 is 34.6 Å². The Labute approximate surface area is 162 Å². The molecule has 1 N–H and O–H groups in total. The molecule has 0 aliphatic carbocycles. The van der Waals surface area contributed by atoms with Gasteiger partial charge in [0.1, 0.15) is 18.1 Å². The molecule has 27 heavy (non-hydrogen) atoms. The largest absolute Gasteiger partial charge is 0.492 e. The van der Waals surface area contributed by atoms with E-state index in [-0.39, 0.29) is 5.91 Å². The molecule has 2 aliphatic heterocycles.